The number of carbonyl (C=O) groups is 1. The third kappa shape index (κ3) is 3.79. The summed E-state index contributed by atoms with van der Waals surface area (Å²) in [7, 11) is 0. The number of pyridine rings is 1. The van der Waals surface area contributed by atoms with Crippen LogP contribution in [0.2, 0.25) is 0 Å². The average molecular weight is 518 g/mol. The number of hydrogen-bond donors (Lipinski definition) is 1. The third-order valence-electron chi connectivity index (χ3n) is 9.04. The van der Waals surface area contributed by atoms with Crippen LogP contribution >= 0.6 is 15.9 Å². The van der Waals surface area contributed by atoms with E-state index in [1.54, 1.807) is 0 Å². The van der Waals surface area contributed by atoms with Crippen LogP contribution in [-0.2, 0) is 0 Å². The van der Waals surface area contributed by atoms with Crippen LogP contribution in [0.15, 0.2) is 46.9 Å². The Balaban J connectivity index is 1.38. The Bertz CT molecular complexity index is 1260. The van der Waals surface area contributed by atoms with Gasteiger partial charge < -0.3 is 5.32 Å². The molecule has 176 valence electrons. The minimum Gasteiger partial charge on any atom is -0.349 e. The monoisotopic (exact) mass is 516 g/mol. The minimum atomic E-state index is 0.0281. The van der Waals surface area contributed by atoms with Crippen LogP contribution in [-0.4, -0.2) is 16.9 Å². The quantitative estimate of drug-likeness (QED) is 0.387. The number of carbonyl (C=O) groups excluding carboxylic acids is 1. The van der Waals surface area contributed by atoms with Crippen molar-refractivity contribution in [2.75, 3.05) is 0 Å². The van der Waals surface area contributed by atoms with Crippen molar-refractivity contribution in [1.29, 1.82) is 0 Å². The molecule has 3 nitrogen and oxygen atoms in total. The Morgan fingerprint density at radius 1 is 1.00 bits per heavy atom. The normalized spacial score (nSPS) is 28.3. The van der Waals surface area contributed by atoms with Crippen molar-refractivity contribution < 1.29 is 4.79 Å². The van der Waals surface area contributed by atoms with E-state index in [1.807, 2.05) is 24.3 Å². The first kappa shape index (κ1) is 22.3. The molecule has 1 atom stereocenters. The number of nitrogens with zero attached hydrogens (tertiary/aromatic N) is 1. The van der Waals surface area contributed by atoms with E-state index in [4.69, 9.17) is 4.98 Å². The molecule has 1 N–H and O–H groups in total. The largest absolute Gasteiger partial charge is 0.349 e. The summed E-state index contributed by atoms with van der Waals surface area (Å²) in [5, 5.41) is 4.39. The van der Waals surface area contributed by atoms with Gasteiger partial charge in [0.15, 0.2) is 0 Å². The van der Waals surface area contributed by atoms with Crippen LogP contribution in [0.4, 0.5) is 0 Å². The lowest BCUT2D eigenvalue weighted by molar-refractivity contribution is -0.0687. The van der Waals surface area contributed by atoms with E-state index in [0.29, 0.717) is 0 Å². The SMILES string of the molecule is Cc1ccc(C)c(-c2cc(C(=O)NC(C)C34CC5CC(CC(C5)C3)C4)c3cc(Br)ccc3n2)c1. The maximum atomic E-state index is 13.9. The van der Waals surface area contributed by atoms with E-state index >= 15 is 0 Å². The second kappa shape index (κ2) is 8.19. The summed E-state index contributed by atoms with van der Waals surface area (Å²) in [6.45, 7) is 6.47. The first-order chi connectivity index (χ1) is 16.3. The molecular weight excluding hydrogens is 484 g/mol. The number of hydrogen-bond acceptors (Lipinski definition) is 2. The molecule has 1 aromatic heterocycles. The molecule has 0 radical (unpaired) electrons. The van der Waals surface area contributed by atoms with E-state index in [2.05, 4.69) is 60.2 Å². The van der Waals surface area contributed by atoms with Gasteiger partial charge >= 0.3 is 0 Å². The lowest BCUT2D eigenvalue weighted by Gasteiger charge is -2.59. The predicted molar refractivity (Wildman–Crippen MR) is 142 cm³/mol. The summed E-state index contributed by atoms with van der Waals surface area (Å²) in [6.07, 6.45) is 8.12. The molecule has 4 aliphatic carbocycles. The van der Waals surface area contributed by atoms with Gasteiger partial charge in [-0.2, -0.15) is 0 Å². The molecule has 0 saturated heterocycles. The standard InChI is InChI=1S/C30H33BrN2O/c1-17-4-5-18(2)24(8-17)28-13-26(25-12-23(31)6-7-27(25)33-28)29(34)32-19(3)30-14-20-9-21(15-30)11-22(10-20)16-30/h4-8,12-13,19-22H,9-11,14-16H2,1-3H3,(H,32,34). The summed E-state index contributed by atoms with van der Waals surface area (Å²) in [6, 6.07) is 14.6. The van der Waals surface area contributed by atoms with Gasteiger partial charge in [0, 0.05) is 21.5 Å². The zero-order valence-electron chi connectivity index (χ0n) is 20.3. The minimum absolute atomic E-state index is 0.0281. The van der Waals surface area contributed by atoms with E-state index in [9.17, 15) is 4.79 Å². The number of rotatable bonds is 4. The zero-order chi connectivity index (χ0) is 23.6. The van der Waals surface area contributed by atoms with Crippen molar-refractivity contribution in [2.45, 2.75) is 65.3 Å². The Kier molecular flexibility index (Phi) is 5.36. The zero-order valence-corrected chi connectivity index (χ0v) is 21.9. The number of benzene rings is 2. The number of aromatic nitrogens is 1. The molecule has 2 aromatic carbocycles. The van der Waals surface area contributed by atoms with Crippen molar-refractivity contribution in [1.82, 2.24) is 10.3 Å². The maximum Gasteiger partial charge on any atom is 0.252 e. The molecule has 3 aromatic rings. The van der Waals surface area contributed by atoms with Gasteiger partial charge in [-0.25, -0.2) is 4.98 Å². The molecule has 1 amide bonds. The van der Waals surface area contributed by atoms with Gasteiger partial charge in [-0.3, -0.25) is 4.79 Å². The molecule has 0 spiro atoms. The third-order valence-corrected chi connectivity index (χ3v) is 9.53. The Labute approximate surface area is 210 Å². The average Bonchev–Trinajstić information content (AvgIpc) is 2.79. The fourth-order valence-electron chi connectivity index (χ4n) is 7.67. The molecule has 4 saturated carbocycles. The van der Waals surface area contributed by atoms with Gasteiger partial charge in [-0.1, -0.05) is 33.6 Å². The van der Waals surface area contributed by atoms with Crippen molar-refractivity contribution in [3.05, 3.63) is 63.6 Å². The summed E-state index contributed by atoms with van der Waals surface area (Å²) in [5.74, 6) is 2.65. The van der Waals surface area contributed by atoms with Gasteiger partial charge in [-0.05, 0) is 118 Å². The highest BCUT2D eigenvalue weighted by molar-refractivity contribution is 9.10. The maximum absolute atomic E-state index is 13.9. The van der Waals surface area contributed by atoms with Crippen molar-refractivity contribution in [2.24, 2.45) is 23.2 Å². The highest BCUT2D eigenvalue weighted by Gasteiger charge is 2.53. The van der Waals surface area contributed by atoms with Crippen LogP contribution in [0.5, 0.6) is 0 Å². The van der Waals surface area contributed by atoms with E-state index < -0.39 is 0 Å². The Morgan fingerprint density at radius 2 is 1.68 bits per heavy atom. The molecule has 4 bridgehead atoms. The molecule has 4 aliphatic rings. The second-order valence-electron chi connectivity index (χ2n) is 11.5. The second-order valence-corrected chi connectivity index (χ2v) is 12.4. The van der Waals surface area contributed by atoms with Crippen molar-refractivity contribution in [3.63, 3.8) is 0 Å². The number of nitrogens with one attached hydrogen (secondary N) is 1. The lowest BCUT2D eigenvalue weighted by Crippen LogP contribution is -2.55. The molecule has 1 heterocycles. The van der Waals surface area contributed by atoms with Crippen LogP contribution < -0.4 is 5.32 Å². The summed E-state index contributed by atoms with van der Waals surface area (Å²) >= 11 is 3.60. The Hall–Kier alpha value is -2.20. The van der Waals surface area contributed by atoms with Crippen LogP contribution in [0.25, 0.3) is 22.2 Å². The summed E-state index contributed by atoms with van der Waals surface area (Å²) < 4.78 is 0.962. The smallest absolute Gasteiger partial charge is 0.252 e. The van der Waals surface area contributed by atoms with Gasteiger partial charge in [0.25, 0.3) is 5.91 Å². The highest BCUT2D eigenvalue weighted by Crippen LogP contribution is 2.61. The number of halogens is 1. The first-order valence-electron chi connectivity index (χ1n) is 12.8. The van der Waals surface area contributed by atoms with Crippen LogP contribution in [0, 0.1) is 37.0 Å². The molecule has 4 heteroatoms. The fraction of sp³-hybridized carbons (Fsp3) is 0.467. The van der Waals surface area contributed by atoms with E-state index in [0.717, 1.165) is 50.0 Å². The van der Waals surface area contributed by atoms with Gasteiger partial charge in [0.1, 0.15) is 0 Å². The molecule has 4 fully saturated rings. The van der Waals surface area contributed by atoms with Crippen LogP contribution in [0.3, 0.4) is 0 Å². The number of aryl methyl sites for hydroxylation is 2. The van der Waals surface area contributed by atoms with Crippen molar-refractivity contribution >= 4 is 32.7 Å². The van der Waals surface area contributed by atoms with E-state index in [1.165, 1.54) is 49.7 Å². The first-order valence-corrected chi connectivity index (χ1v) is 13.6. The highest BCUT2D eigenvalue weighted by atomic mass is 79.9. The number of fused-ring (bicyclic) bond motifs is 1. The molecular formula is C30H33BrN2O. The van der Waals surface area contributed by atoms with Gasteiger partial charge in [-0.15, -0.1) is 0 Å². The lowest BCUT2D eigenvalue weighted by atomic mass is 9.48. The van der Waals surface area contributed by atoms with Crippen molar-refractivity contribution in [3.8, 4) is 11.3 Å². The molecule has 1 unspecified atom stereocenters. The van der Waals surface area contributed by atoms with Gasteiger partial charge in [0.2, 0.25) is 0 Å². The molecule has 34 heavy (non-hydrogen) atoms. The molecule has 7 rings (SSSR count). The summed E-state index contributed by atoms with van der Waals surface area (Å²) in [4.78, 5) is 18.8. The number of amides is 1. The fourth-order valence-corrected chi connectivity index (χ4v) is 8.03. The summed E-state index contributed by atoms with van der Waals surface area (Å²) in [5.41, 5.74) is 6.18. The Morgan fingerprint density at radius 3 is 2.35 bits per heavy atom. The van der Waals surface area contributed by atoms with Gasteiger partial charge in [0.05, 0.1) is 16.8 Å². The van der Waals surface area contributed by atoms with Crippen LogP contribution in [0.1, 0.15) is 66.9 Å². The molecule has 0 aliphatic heterocycles. The topological polar surface area (TPSA) is 42.0 Å². The predicted octanol–water partition coefficient (Wildman–Crippen LogP) is 7.62. The van der Waals surface area contributed by atoms with E-state index in [-0.39, 0.29) is 17.4 Å².